The number of hydrogen-bond donors (Lipinski definition) is 6. The van der Waals surface area contributed by atoms with Gasteiger partial charge >= 0.3 is 20.7 Å². The van der Waals surface area contributed by atoms with Crippen molar-refractivity contribution in [3.05, 3.63) is 0 Å². The molecule has 6 N–H and O–H groups in total. The number of aliphatic hydroxyl groups is 4. The predicted octanol–water partition coefficient (Wildman–Crippen LogP) is -2.48. The maximum absolute atomic E-state index is 11.6. The molecule has 0 radical (unpaired) electrons. The molecule has 4 amide bonds. The van der Waals surface area contributed by atoms with Crippen molar-refractivity contribution in [2.45, 2.75) is 12.5 Å². The van der Waals surface area contributed by atoms with Crippen LogP contribution in [0.3, 0.4) is 0 Å². The van der Waals surface area contributed by atoms with Crippen LogP contribution < -0.4 is 10.6 Å². The van der Waals surface area contributed by atoms with Crippen molar-refractivity contribution in [3.63, 3.8) is 0 Å². The van der Waals surface area contributed by atoms with Gasteiger partial charge in [-0.05, 0) is 11.5 Å². The lowest BCUT2D eigenvalue weighted by Crippen LogP contribution is -2.53. The van der Waals surface area contributed by atoms with Gasteiger partial charge in [0.05, 0.1) is 13.1 Å². The van der Waals surface area contributed by atoms with Crippen LogP contribution in [0, 0.1) is 0 Å². The molecule has 0 aromatic carbocycles. The molecule has 1 unspecified atom stereocenters. The Hall–Kier alpha value is -1.56. The summed E-state index contributed by atoms with van der Waals surface area (Å²) in [6.45, 7) is -1.78. The molecule has 0 aliphatic rings. The number of nitrogens with zero attached hydrogens (tertiary/aromatic N) is 2. The number of aliphatic hydroxyl groups excluding tert-OH is 4. The Balaban J connectivity index is 4.64. The lowest BCUT2D eigenvalue weighted by Gasteiger charge is -2.26. The van der Waals surface area contributed by atoms with Gasteiger partial charge in [-0.25, -0.2) is 9.59 Å². The minimum atomic E-state index is -1.27. The quantitative estimate of drug-likeness (QED) is 0.184. The zero-order valence-corrected chi connectivity index (χ0v) is 13.6. The minimum Gasteiger partial charge on any atom is -0.376 e. The van der Waals surface area contributed by atoms with Crippen LogP contribution in [-0.4, -0.2) is 87.9 Å². The molecule has 0 aromatic heterocycles. The molecule has 0 rings (SSSR count). The molecule has 0 heterocycles. The van der Waals surface area contributed by atoms with Gasteiger partial charge in [0.1, 0.15) is 26.9 Å². The average Bonchev–Trinajstić information content (AvgIpc) is 2.54. The van der Waals surface area contributed by atoms with Crippen molar-refractivity contribution in [3.8, 4) is 0 Å². The number of carbonyl (C=O) groups excluding carboxylic acids is 2. The van der Waals surface area contributed by atoms with Gasteiger partial charge in [0, 0.05) is 0 Å². The second-order valence-electron chi connectivity index (χ2n) is 4.60. The topological polar surface area (TPSA) is 172 Å². The molecule has 0 bridgehead atoms. The number of amides is 4. The molecule has 0 saturated heterocycles. The Bertz CT molecular complexity index is 363. The average molecular weight is 357 g/mol. The number of carbonyl (C=O) groups is 2. The van der Waals surface area contributed by atoms with Crippen LogP contribution in [0.15, 0.2) is 0 Å². The molecule has 0 aliphatic carbocycles. The summed E-state index contributed by atoms with van der Waals surface area (Å²) in [5.41, 5.74) is -1.27. The van der Waals surface area contributed by atoms with Gasteiger partial charge in [-0.1, -0.05) is 0 Å². The van der Waals surface area contributed by atoms with Gasteiger partial charge in [-0.3, -0.25) is 9.80 Å². The summed E-state index contributed by atoms with van der Waals surface area (Å²) in [4.78, 5) is 24.6. The van der Waals surface area contributed by atoms with E-state index < -0.39 is 53.3 Å². The van der Waals surface area contributed by atoms with Gasteiger partial charge in [0.25, 0.3) is 0 Å². The molecule has 0 aliphatic heterocycles. The normalized spacial score (nSPS) is 11.2. The maximum atomic E-state index is 11.6. The van der Waals surface area contributed by atoms with Crippen molar-refractivity contribution in [1.82, 2.24) is 20.4 Å². The van der Waals surface area contributed by atoms with Crippen LogP contribution >= 0.6 is 8.69 Å². The summed E-state index contributed by atoms with van der Waals surface area (Å²) >= 11 is 0. The lowest BCUT2D eigenvalue weighted by atomic mass is 10.1. The van der Waals surface area contributed by atoms with E-state index in [1.807, 2.05) is 0 Å². The molecule has 0 aromatic rings. The fourth-order valence-electron chi connectivity index (χ4n) is 1.33. The van der Waals surface area contributed by atoms with Crippen LogP contribution in [0.25, 0.3) is 0 Å². The first-order valence-electron chi connectivity index (χ1n) is 6.41. The Morgan fingerprint density at radius 1 is 0.957 bits per heavy atom. The van der Waals surface area contributed by atoms with Gasteiger partial charge in [0.2, 0.25) is 0 Å². The van der Waals surface area contributed by atoms with Crippen molar-refractivity contribution in [2.75, 3.05) is 40.0 Å². The highest BCUT2D eigenvalue weighted by molar-refractivity contribution is 7.17. The first-order chi connectivity index (χ1) is 10.9. The molecule has 23 heavy (non-hydrogen) atoms. The summed E-state index contributed by atoms with van der Waals surface area (Å²) in [6, 6.07) is -1.59. The van der Waals surface area contributed by atoms with E-state index in [9.17, 15) is 14.2 Å². The zero-order chi connectivity index (χ0) is 17.9. The van der Waals surface area contributed by atoms with E-state index in [0.717, 1.165) is 0 Å². The third kappa shape index (κ3) is 7.50. The van der Waals surface area contributed by atoms with E-state index in [-0.39, 0.29) is 13.1 Å². The van der Waals surface area contributed by atoms with E-state index in [1.165, 1.54) is 6.92 Å². The first-order valence-corrected chi connectivity index (χ1v) is 7.23. The largest absolute Gasteiger partial charge is 0.494 e. The highest BCUT2D eigenvalue weighted by Gasteiger charge is 2.32. The summed E-state index contributed by atoms with van der Waals surface area (Å²) in [6.07, 6.45) is 0. The highest BCUT2D eigenvalue weighted by atomic mass is 31.1. The fraction of sp³-hybridized carbons (Fsp3) is 0.800. The fourth-order valence-corrected chi connectivity index (χ4v) is 1.68. The van der Waals surface area contributed by atoms with Crippen molar-refractivity contribution < 1.29 is 39.1 Å². The van der Waals surface area contributed by atoms with Crippen molar-refractivity contribution >= 4 is 20.7 Å². The van der Waals surface area contributed by atoms with Crippen LogP contribution in [0.2, 0.25) is 0 Å². The number of nitrogens with one attached hydrogen (secondary N) is 2. The maximum Gasteiger partial charge on any atom is 0.494 e. The lowest BCUT2D eigenvalue weighted by molar-refractivity contribution is 0.0469. The Kier molecular flexibility index (Phi) is 10.3. The molecular weight excluding hydrogens is 335 g/mol. The van der Waals surface area contributed by atoms with Gasteiger partial charge in [0.15, 0.2) is 5.60 Å². The molecule has 12 nitrogen and oxygen atoms in total. The second kappa shape index (κ2) is 11.0. The van der Waals surface area contributed by atoms with E-state index in [2.05, 4.69) is 10.6 Å². The zero-order valence-electron chi connectivity index (χ0n) is 12.6. The highest BCUT2D eigenvalue weighted by Crippen LogP contribution is 2.15. The monoisotopic (exact) mass is 357 g/mol. The summed E-state index contributed by atoms with van der Waals surface area (Å²) in [7, 11) is -1.17. The smallest absolute Gasteiger partial charge is 0.376 e. The van der Waals surface area contributed by atoms with Gasteiger partial charge < -0.3 is 31.1 Å². The third-order valence-electron chi connectivity index (χ3n) is 2.77. The van der Waals surface area contributed by atoms with Crippen LogP contribution in [0.4, 0.5) is 9.59 Å². The standard InChI is InChI=1S/C10H21N4O8P/c1-10(22-23-21,2-11-8(19)13(4-15)5-16)3-12-9(20)14(6-17)7-18/h15-18,23H,2-7H2,1H3,(H-,11,12,19,20)/p+1. The molecule has 13 heteroatoms. The summed E-state index contributed by atoms with van der Waals surface area (Å²) < 4.78 is 15.7. The van der Waals surface area contributed by atoms with Gasteiger partial charge in [-0.2, -0.15) is 0 Å². The Morgan fingerprint density at radius 3 is 1.57 bits per heavy atom. The second-order valence-corrected chi connectivity index (χ2v) is 4.97. The Morgan fingerprint density at radius 2 is 1.30 bits per heavy atom. The van der Waals surface area contributed by atoms with Crippen LogP contribution in [-0.2, 0) is 9.09 Å². The first kappa shape index (κ1) is 21.4. The summed E-state index contributed by atoms with van der Waals surface area (Å²) in [5, 5.41) is 40.0. The van der Waals surface area contributed by atoms with Crippen LogP contribution in [0.5, 0.6) is 0 Å². The number of rotatable bonds is 10. The van der Waals surface area contributed by atoms with E-state index in [1.54, 1.807) is 0 Å². The van der Waals surface area contributed by atoms with Gasteiger partial charge in [-0.15, -0.1) is 4.52 Å². The molecular formula is C10H22N4O8P+. The van der Waals surface area contributed by atoms with Crippen LogP contribution in [0.1, 0.15) is 6.92 Å². The molecule has 1 atom stereocenters. The van der Waals surface area contributed by atoms with Crippen molar-refractivity contribution in [1.29, 1.82) is 0 Å². The van der Waals surface area contributed by atoms with E-state index >= 15 is 0 Å². The SMILES string of the molecule is CC(CNC(=O)N(CO)CO)(CNC(=O)N(CO)CO)O[PH+]=O. The third-order valence-corrected chi connectivity index (χ3v) is 3.35. The molecule has 0 spiro atoms. The molecule has 0 fully saturated rings. The van der Waals surface area contributed by atoms with E-state index in [4.69, 9.17) is 24.9 Å². The molecule has 0 saturated carbocycles. The van der Waals surface area contributed by atoms with Crippen molar-refractivity contribution in [2.24, 2.45) is 0 Å². The Labute approximate surface area is 133 Å². The predicted molar refractivity (Wildman–Crippen MR) is 77.3 cm³/mol. The summed E-state index contributed by atoms with van der Waals surface area (Å²) in [5.74, 6) is 0. The number of urea groups is 2. The molecule has 134 valence electrons. The van der Waals surface area contributed by atoms with E-state index in [0.29, 0.717) is 9.80 Å². The number of hydrogen-bond acceptors (Lipinski definition) is 8. The minimum absolute atomic E-state index is 0.198.